The number of aromatic nitrogens is 1. The van der Waals surface area contributed by atoms with Gasteiger partial charge in [-0.25, -0.2) is 8.42 Å². The van der Waals surface area contributed by atoms with E-state index in [1.165, 1.54) is 10.5 Å². The Morgan fingerprint density at radius 1 is 1.24 bits per heavy atom. The van der Waals surface area contributed by atoms with Gasteiger partial charge in [0.05, 0.1) is 16.5 Å². The molecule has 0 saturated carbocycles. The predicted octanol–water partition coefficient (Wildman–Crippen LogP) is 0.673. The second-order valence-electron chi connectivity index (χ2n) is 7.42. The van der Waals surface area contributed by atoms with E-state index in [1.807, 2.05) is 0 Å². The van der Waals surface area contributed by atoms with Gasteiger partial charge in [0.25, 0.3) is 0 Å². The molecule has 0 unspecified atom stereocenters. The average Bonchev–Trinajstić information content (AvgIpc) is 3.18. The Morgan fingerprint density at radius 2 is 2.03 bits per heavy atom. The molecule has 3 heterocycles. The number of carbonyl (C=O) groups is 1. The molecule has 2 N–H and O–H groups in total. The molecule has 1 atom stereocenters. The average molecular weight is 438 g/mol. The molecule has 0 aliphatic carbocycles. The van der Waals surface area contributed by atoms with Crippen molar-refractivity contribution in [2.75, 3.05) is 45.8 Å². The fourth-order valence-electron chi connectivity index (χ4n) is 3.92. The van der Waals surface area contributed by atoms with Crippen LogP contribution in [0.25, 0.3) is 10.8 Å². The molecule has 2 saturated heterocycles. The van der Waals surface area contributed by atoms with E-state index >= 15 is 0 Å². The van der Waals surface area contributed by atoms with E-state index in [2.05, 4.69) is 20.5 Å². The number of benzene rings is 1. The number of hydrogen-bond acceptors (Lipinski definition) is 6. The highest BCUT2D eigenvalue weighted by molar-refractivity contribution is 7.89. The molecule has 10 heteroatoms. The van der Waals surface area contributed by atoms with Crippen molar-refractivity contribution in [3.05, 3.63) is 35.6 Å². The molecule has 1 aromatic carbocycles. The van der Waals surface area contributed by atoms with E-state index in [0.29, 0.717) is 35.3 Å². The summed E-state index contributed by atoms with van der Waals surface area (Å²) in [5.74, 6) is -0.0598. The Labute approximate surface area is 175 Å². The van der Waals surface area contributed by atoms with Crippen LogP contribution in [0.5, 0.6) is 0 Å². The number of amides is 1. The van der Waals surface area contributed by atoms with E-state index < -0.39 is 10.0 Å². The smallest absolute Gasteiger partial charge is 0.243 e. The van der Waals surface area contributed by atoms with Gasteiger partial charge in [0.2, 0.25) is 15.9 Å². The third-order valence-corrected chi connectivity index (χ3v) is 7.60. The molecule has 29 heavy (non-hydrogen) atoms. The Morgan fingerprint density at radius 3 is 2.83 bits per heavy atom. The number of halogens is 1. The highest BCUT2D eigenvalue weighted by Crippen LogP contribution is 2.32. The molecule has 2 aliphatic rings. The molecule has 1 amide bonds. The van der Waals surface area contributed by atoms with E-state index in [1.54, 1.807) is 24.4 Å². The summed E-state index contributed by atoms with van der Waals surface area (Å²) in [6.07, 6.45) is 3.64. The molecule has 2 aliphatic heterocycles. The number of fused-ring (bicyclic) bond motifs is 1. The van der Waals surface area contributed by atoms with Crippen LogP contribution in [0, 0.1) is 0 Å². The highest BCUT2D eigenvalue weighted by atomic mass is 35.5. The van der Waals surface area contributed by atoms with Gasteiger partial charge in [0, 0.05) is 68.5 Å². The Bertz CT molecular complexity index is 1000. The lowest BCUT2D eigenvalue weighted by Gasteiger charge is -2.27. The summed E-state index contributed by atoms with van der Waals surface area (Å²) < 4.78 is 28.0. The number of sulfonamides is 1. The van der Waals surface area contributed by atoms with Gasteiger partial charge in [0.1, 0.15) is 0 Å². The first-order valence-electron chi connectivity index (χ1n) is 9.70. The number of nitrogens with zero attached hydrogens (tertiary/aromatic N) is 3. The van der Waals surface area contributed by atoms with Crippen LogP contribution in [0.15, 0.2) is 35.5 Å². The van der Waals surface area contributed by atoms with Gasteiger partial charge in [-0.2, -0.15) is 4.31 Å². The SMILES string of the molecule is O=C(CN1CCNCC1)N[C@@H]1CCN(S(=O)(=O)c2cccc3cncc(Cl)c23)C1. The minimum absolute atomic E-state index is 0.0598. The Balaban J connectivity index is 1.45. The van der Waals surface area contributed by atoms with Crippen LogP contribution >= 0.6 is 11.6 Å². The third kappa shape index (κ3) is 4.39. The lowest BCUT2D eigenvalue weighted by atomic mass is 10.2. The van der Waals surface area contributed by atoms with Crippen LogP contribution in [-0.4, -0.2) is 80.4 Å². The number of piperazine rings is 1. The molecular formula is C19H24ClN5O3S. The van der Waals surface area contributed by atoms with Gasteiger partial charge in [-0.05, 0) is 12.5 Å². The van der Waals surface area contributed by atoms with Crippen molar-refractivity contribution >= 4 is 38.3 Å². The van der Waals surface area contributed by atoms with Crippen LogP contribution in [-0.2, 0) is 14.8 Å². The summed E-state index contributed by atoms with van der Waals surface area (Å²) in [6.45, 7) is 4.41. The molecular weight excluding hydrogens is 414 g/mol. The number of pyridine rings is 1. The van der Waals surface area contributed by atoms with Crippen LogP contribution in [0.1, 0.15) is 6.42 Å². The lowest BCUT2D eigenvalue weighted by Crippen LogP contribution is -2.49. The topological polar surface area (TPSA) is 94.6 Å². The molecule has 8 nitrogen and oxygen atoms in total. The minimum Gasteiger partial charge on any atom is -0.351 e. The maximum Gasteiger partial charge on any atom is 0.243 e. The number of nitrogens with one attached hydrogen (secondary N) is 2. The van der Waals surface area contributed by atoms with Crippen molar-refractivity contribution < 1.29 is 13.2 Å². The van der Waals surface area contributed by atoms with Crippen LogP contribution in [0.4, 0.5) is 0 Å². The van der Waals surface area contributed by atoms with E-state index in [4.69, 9.17) is 11.6 Å². The molecule has 4 rings (SSSR count). The van der Waals surface area contributed by atoms with Crippen molar-refractivity contribution in [2.24, 2.45) is 0 Å². The Kier molecular flexibility index (Phi) is 6.03. The first-order chi connectivity index (χ1) is 13.9. The van der Waals surface area contributed by atoms with E-state index in [-0.39, 0.29) is 23.4 Å². The summed E-state index contributed by atoms with van der Waals surface area (Å²) in [5, 5.41) is 7.71. The zero-order chi connectivity index (χ0) is 20.4. The summed E-state index contributed by atoms with van der Waals surface area (Å²) in [6, 6.07) is 4.86. The van der Waals surface area contributed by atoms with Gasteiger partial charge in [-0.1, -0.05) is 23.7 Å². The van der Waals surface area contributed by atoms with Gasteiger partial charge < -0.3 is 10.6 Å². The van der Waals surface area contributed by atoms with Crippen molar-refractivity contribution in [1.29, 1.82) is 0 Å². The molecule has 0 spiro atoms. The van der Waals surface area contributed by atoms with Crippen LogP contribution in [0.2, 0.25) is 5.02 Å². The first kappa shape index (κ1) is 20.5. The molecule has 2 fully saturated rings. The van der Waals surface area contributed by atoms with Gasteiger partial charge in [-0.3, -0.25) is 14.7 Å². The predicted molar refractivity (Wildman–Crippen MR) is 111 cm³/mol. The number of rotatable bonds is 5. The zero-order valence-corrected chi connectivity index (χ0v) is 17.5. The normalized spacial score (nSPS) is 21.5. The summed E-state index contributed by atoms with van der Waals surface area (Å²) in [5.41, 5.74) is 0. The van der Waals surface area contributed by atoms with Gasteiger partial charge >= 0.3 is 0 Å². The molecule has 1 aromatic heterocycles. The molecule has 2 aromatic rings. The fraction of sp³-hybridized carbons (Fsp3) is 0.474. The van der Waals surface area contributed by atoms with Crippen LogP contribution < -0.4 is 10.6 Å². The quantitative estimate of drug-likeness (QED) is 0.714. The monoisotopic (exact) mass is 437 g/mol. The van der Waals surface area contributed by atoms with E-state index in [0.717, 1.165) is 26.2 Å². The molecule has 0 radical (unpaired) electrons. The van der Waals surface area contributed by atoms with Crippen molar-refractivity contribution in [3.63, 3.8) is 0 Å². The minimum atomic E-state index is -3.73. The summed E-state index contributed by atoms with van der Waals surface area (Å²) in [7, 11) is -3.73. The standard InChI is InChI=1S/C19H24ClN5O3S/c20-16-11-22-10-14-2-1-3-17(19(14)16)29(27,28)25-7-4-15(12-25)23-18(26)13-24-8-5-21-6-9-24/h1-3,10-11,15,21H,4-9,12-13H2,(H,23,26)/t15-/m1/s1. The second-order valence-corrected chi connectivity index (χ2v) is 9.73. The maximum absolute atomic E-state index is 13.3. The summed E-state index contributed by atoms with van der Waals surface area (Å²) >= 11 is 6.25. The van der Waals surface area contributed by atoms with Gasteiger partial charge in [-0.15, -0.1) is 0 Å². The largest absolute Gasteiger partial charge is 0.351 e. The van der Waals surface area contributed by atoms with Crippen molar-refractivity contribution in [2.45, 2.75) is 17.4 Å². The number of hydrogen-bond donors (Lipinski definition) is 2. The Hall–Kier alpha value is -1.78. The summed E-state index contributed by atoms with van der Waals surface area (Å²) in [4.78, 5) is 18.7. The third-order valence-electron chi connectivity index (χ3n) is 5.41. The maximum atomic E-state index is 13.3. The highest BCUT2D eigenvalue weighted by Gasteiger charge is 2.34. The second kappa shape index (κ2) is 8.53. The van der Waals surface area contributed by atoms with Crippen molar-refractivity contribution in [3.8, 4) is 0 Å². The van der Waals surface area contributed by atoms with Gasteiger partial charge in [0.15, 0.2) is 0 Å². The molecule has 0 bridgehead atoms. The van der Waals surface area contributed by atoms with Crippen molar-refractivity contribution in [1.82, 2.24) is 24.8 Å². The fourth-order valence-corrected chi connectivity index (χ4v) is 5.98. The lowest BCUT2D eigenvalue weighted by molar-refractivity contribution is -0.123. The van der Waals surface area contributed by atoms with Crippen LogP contribution in [0.3, 0.4) is 0 Å². The van der Waals surface area contributed by atoms with E-state index in [9.17, 15) is 13.2 Å². The zero-order valence-electron chi connectivity index (χ0n) is 16.0. The number of carbonyl (C=O) groups excluding carboxylic acids is 1. The molecule has 156 valence electrons. The first-order valence-corrected chi connectivity index (χ1v) is 11.5.